The fourth-order valence-corrected chi connectivity index (χ4v) is 3.69. The van der Waals surface area contributed by atoms with Gasteiger partial charge in [0.15, 0.2) is 0 Å². The standard InChI is InChI=1S/C18H9BrF3N3O2S.C2H6/c19-16-6-23-18(28-16)27-10-1-2-15-11(5-10)17(26)24-8-25(15)7-12-13(21)3-9(20)4-14(12)22;1-2/h1-6,8H,7H2;1-2H3. The van der Waals surface area contributed by atoms with Crippen molar-refractivity contribution in [1.82, 2.24) is 14.5 Å². The van der Waals surface area contributed by atoms with E-state index in [1.54, 1.807) is 18.3 Å². The van der Waals surface area contributed by atoms with Gasteiger partial charge in [0.2, 0.25) is 0 Å². The van der Waals surface area contributed by atoms with Crippen LogP contribution in [-0.2, 0) is 6.54 Å². The molecule has 0 amide bonds. The van der Waals surface area contributed by atoms with Crippen LogP contribution in [0.15, 0.2) is 51.4 Å². The maximum absolute atomic E-state index is 14.0. The molecule has 0 aliphatic carbocycles. The fourth-order valence-electron chi connectivity index (χ4n) is 2.66. The minimum absolute atomic E-state index is 0.207. The summed E-state index contributed by atoms with van der Waals surface area (Å²) in [6, 6.07) is 5.87. The zero-order valence-corrected chi connectivity index (χ0v) is 18.2. The second-order valence-electron chi connectivity index (χ2n) is 5.74. The molecule has 30 heavy (non-hydrogen) atoms. The molecular weight excluding hydrogens is 483 g/mol. The molecule has 4 aromatic rings. The molecule has 0 radical (unpaired) electrons. The number of thiazole rings is 1. The molecule has 0 atom stereocenters. The number of hydrogen-bond donors (Lipinski definition) is 0. The van der Waals surface area contributed by atoms with E-state index in [2.05, 4.69) is 25.9 Å². The van der Waals surface area contributed by atoms with Crippen LogP contribution in [0.25, 0.3) is 10.9 Å². The van der Waals surface area contributed by atoms with Crippen molar-refractivity contribution in [2.45, 2.75) is 20.4 Å². The maximum Gasteiger partial charge on any atom is 0.280 e. The van der Waals surface area contributed by atoms with Crippen LogP contribution in [0.5, 0.6) is 10.9 Å². The van der Waals surface area contributed by atoms with Gasteiger partial charge in [-0.2, -0.15) is 4.98 Å². The third-order valence-electron chi connectivity index (χ3n) is 3.92. The predicted octanol–water partition coefficient (Wildman–Crippen LogP) is 5.90. The zero-order chi connectivity index (χ0) is 21.8. The number of ether oxygens (including phenoxy) is 1. The minimum atomic E-state index is -1.02. The average Bonchev–Trinajstić information content (AvgIpc) is 3.12. The first kappa shape index (κ1) is 22.0. The Morgan fingerprint density at radius 1 is 1.10 bits per heavy atom. The summed E-state index contributed by atoms with van der Waals surface area (Å²) >= 11 is 4.55. The summed E-state index contributed by atoms with van der Waals surface area (Å²) in [5.74, 6) is -2.67. The fraction of sp³-hybridized carbons (Fsp3) is 0.150. The topological polar surface area (TPSA) is 57.0 Å². The van der Waals surface area contributed by atoms with E-state index >= 15 is 0 Å². The summed E-state index contributed by atoms with van der Waals surface area (Å²) in [5, 5.41) is 0.587. The third kappa shape index (κ3) is 4.71. The minimum Gasteiger partial charge on any atom is -0.431 e. The number of rotatable bonds is 4. The number of aromatic nitrogens is 3. The van der Waals surface area contributed by atoms with E-state index in [9.17, 15) is 18.0 Å². The summed E-state index contributed by atoms with van der Waals surface area (Å²) in [4.78, 5) is 20.0. The molecule has 0 unspecified atom stereocenters. The summed E-state index contributed by atoms with van der Waals surface area (Å²) in [6.07, 6.45) is 2.77. The quantitative estimate of drug-likeness (QED) is 0.352. The lowest BCUT2D eigenvalue weighted by Gasteiger charge is -2.12. The lowest BCUT2D eigenvalue weighted by molar-refractivity contribution is 0.479. The van der Waals surface area contributed by atoms with Crippen molar-refractivity contribution >= 4 is 38.2 Å². The number of halogens is 4. The Hall–Kier alpha value is -2.72. The van der Waals surface area contributed by atoms with Crippen LogP contribution in [0.2, 0.25) is 0 Å². The number of nitrogens with zero attached hydrogens (tertiary/aromatic N) is 3. The van der Waals surface area contributed by atoms with Crippen molar-refractivity contribution in [3.05, 3.63) is 80.0 Å². The summed E-state index contributed by atoms with van der Waals surface area (Å²) in [5.41, 5.74) is -0.450. The first-order valence-electron chi connectivity index (χ1n) is 8.82. The molecule has 0 fully saturated rings. The van der Waals surface area contributed by atoms with Crippen molar-refractivity contribution in [2.24, 2.45) is 0 Å². The molecule has 4 rings (SSSR count). The number of hydrogen-bond acceptors (Lipinski definition) is 5. The molecule has 0 aliphatic rings. The van der Waals surface area contributed by atoms with Crippen molar-refractivity contribution in [1.29, 1.82) is 0 Å². The highest BCUT2D eigenvalue weighted by atomic mass is 79.9. The molecule has 5 nitrogen and oxygen atoms in total. The summed E-state index contributed by atoms with van der Waals surface area (Å²) in [6.45, 7) is 3.74. The van der Waals surface area contributed by atoms with Gasteiger partial charge in [0.1, 0.15) is 23.2 Å². The summed E-state index contributed by atoms with van der Waals surface area (Å²) < 4.78 is 48.9. The van der Waals surface area contributed by atoms with Gasteiger partial charge in [-0.05, 0) is 34.1 Å². The first-order chi connectivity index (χ1) is 14.4. The van der Waals surface area contributed by atoms with Crippen LogP contribution >= 0.6 is 27.3 Å². The second-order valence-corrected chi connectivity index (χ2v) is 8.11. The Bertz CT molecular complexity index is 1240. The van der Waals surface area contributed by atoms with E-state index in [0.29, 0.717) is 28.6 Å². The Morgan fingerprint density at radius 2 is 1.80 bits per heavy atom. The second kappa shape index (κ2) is 9.40. The maximum atomic E-state index is 14.0. The average molecular weight is 498 g/mol. The predicted molar refractivity (Wildman–Crippen MR) is 113 cm³/mol. The van der Waals surface area contributed by atoms with E-state index < -0.39 is 23.0 Å². The van der Waals surface area contributed by atoms with Gasteiger partial charge in [0.25, 0.3) is 10.8 Å². The van der Waals surface area contributed by atoms with Gasteiger partial charge in [0.05, 0.1) is 33.8 Å². The van der Waals surface area contributed by atoms with Crippen LogP contribution in [0.3, 0.4) is 0 Å². The molecule has 2 heterocycles. The van der Waals surface area contributed by atoms with Gasteiger partial charge >= 0.3 is 0 Å². The third-order valence-corrected chi connectivity index (χ3v) is 5.27. The molecule has 0 aliphatic heterocycles. The van der Waals surface area contributed by atoms with Crippen LogP contribution < -0.4 is 10.3 Å². The molecule has 2 aromatic carbocycles. The van der Waals surface area contributed by atoms with Crippen LogP contribution in [0.4, 0.5) is 13.2 Å². The SMILES string of the molecule is CC.O=c1ncn(Cc2c(F)cc(F)cc2F)c2ccc(Oc3ncc(Br)s3)cc12. The van der Waals surface area contributed by atoms with Gasteiger partial charge in [0, 0.05) is 17.7 Å². The van der Waals surface area contributed by atoms with E-state index in [-0.39, 0.29) is 17.5 Å². The molecule has 0 spiro atoms. The van der Waals surface area contributed by atoms with Crippen molar-refractivity contribution in [3.8, 4) is 10.9 Å². The molecule has 0 bridgehead atoms. The van der Waals surface area contributed by atoms with Crippen molar-refractivity contribution in [2.75, 3.05) is 0 Å². The molecule has 0 saturated heterocycles. The lowest BCUT2D eigenvalue weighted by Crippen LogP contribution is -2.14. The first-order valence-corrected chi connectivity index (χ1v) is 10.4. The Labute approximate surface area is 181 Å². The highest BCUT2D eigenvalue weighted by Gasteiger charge is 2.14. The summed E-state index contributed by atoms with van der Waals surface area (Å²) in [7, 11) is 0. The Kier molecular flexibility index (Phi) is 6.88. The van der Waals surface area contributed by atoms with Gasteiger partial charge in [-0.15, -0.1) is 0 Å². The molecule has 0 saturated carbocycles. The van der Waals surface area contributed by atoms with Crippen LogP contribution in [0, 0.1) is 17.5 Å². The van der Waals surface area contributed by atoms with Crippen molar-refractivity contribution in [3.63, 3.8) is 0 Å². The highest BCUT2D eigenvalue weighted by molar-refractivity contribution is 9.11. The molecule has 156 valence electrons. The molecule has 10 heteroatoms. The lowest BCUT2D eigenvalue weighted by atomic mass is 10.1. The van der Waals surface area contributed by atoms with E-state index in [1.807, 2.05) is 13.8 Å². The molecule has 2 aromatic heterocycles. The van der Waals surface area contributed by atoms with Crippen LogP contribution in [0.1, 0.15) is 19.4 Å². The van der Waals surface area contributed by atoms with E-state index in [1.165, 1.54) is 28.3 Å². The monoisotopic (exact) mass is 497 g/mol. The van der Waals surface area contributed by atoms with Gasteiger partial charge in [-0.3, -0.25) is 4.79 Å². The largest absolute Gasteiger partial charge is 0.431 e. The molecule has 0 N–H and O–H groups in total. The molecular formula is C20H15BrF3N3O2S. The zero-order valence-electron chi connectivity index (χ0n) is 15.8. The van der Waals surface area contributed by atoms with Gasteiger partial charge in [-0.1, -0.05) is 25.2 Å². The number of benzene rings is 2. The smallest absolute Gasteiger partial charge is 0.280 e. The van der Waals surface area contributed by atoms with Crippen LogP contribution in [-0.4, -0.2) is 14.5 Å². The normalized spacial score (nSPS) is 10.6. The van der Waals surface area contributed by atoms with Gasteiger partial charge in [-0.25, -0.2) is 18.2 Å². The van der Waals surface area contributed by atoms with E-state index in [4.69, 9.17) is 4.74 Å². The number of fused-ring (bicyclic) bond motifs is 1. The van der Waals surface area contributed by atoms with E-state index in [0.717, 1.165) is 3.79 Å². The van der Waals surface area contributed by atoms with Crippen molar-refractivity contribution < 1.29 is 17.9 Å². The highest BCUT2D eigenvalue weighted by Crippen LogP contribution is 2.30. The Morgan fingerprint density at radius 3 is 2.43 bits per heavy atom. The van der Waals surface area contributed by atoms with Gasteiger partial charge < -0.3 is 9.30 Å². The Balaban J connectivity index is 0.00000124.